The molecular weight excluding hydrogens is 671 g/mol. The highest BCUT2D eigenvalue weighted by Gasteiger charge is 2.19. The molecule has 0 spiro atoms. The summed E-state index contributed by atoms with van der Waals surface area (Å²) in [6, 6.07) is 66.0. The van der Waals surface area contributed by atoms with Crippen LogP contribution in [-0.2, 0) is 0 Å². The maximum Gasteiger partial charge on any atom is 0.0998 e. The number of hydrogen-bond donors (Lipinski definition) is 0. The summed E-state index contributed by atoms with van der Waals surface area (Å²) in [5, 5.41) is 27.1. The lowest BCUT2D eigenvalue weighted by Crippen LogP contribution is -1.97. The Labute approximate surface area is 316 Å². The molecule has 0 aliphatic rings. The summed E-state index contributed by atoms with van der Waals surface area (Å²) in [5.41, 5.74) is 12.8. The molecule has 5 heteroatoms. The molecule has 254 valence electrons. The molecule has 0 aliphatic heterocycles. The third kappa shape index (κ3) is 4.45. The molecule has 0 unspecified atom stereocenters. The van der Waals surface area contributed by atoms with Crippen LogP contribution in [0.2, 0.25) is 0 Å². The predicted octanol–water partition coefficient (Wildman–Crippen LogP) is 12.4. The van der Waals surface area contributed by atoms with Crippen molar-refractivity contribution in [3.63, 3.8) is 0 Å². The SMILES string of the molecule is N#Cc1ccc(-n2c3ccccc3c3cc(-n4c5ccccc5c5ccccc54)ccc32)cc1-c1ccc(-n2c3ccccc3c3c(C#N)cccc32)cc1. The van der Waals surface area contributed by atoms with Crippen LogP contribution in [0.1, 0.15) is 11.1 Å². The Morgan fingerprint density at radius 1 is 0.327 bits per heavy atom. The van der Waals surface area contributed by atoms with E-state index in [1.54, 1.807) is 0 Å². The van der Waals surface area contributed by atoms with Crippen LogP contribution in [0.25, 0.3) is 93.6 Å². The molecule has 0 saturated heterocycles. The highest BCUT2D eigenvalue weighted by Crippen LogP contribution is 2.39. The summed E-state index contributed by atoms with van der Waals surface area (Å²) in [4.78, 5) is 0. The van der Waals surface area contributed by atoms with E-state index in [2.05, 4.69) is 165 Å². The second kappa shape index (κ2) is 11.8. The first kappa shape index (κ1) is 30.7. The summed E-state index contributed by atoms with van der Waals surface area (Å²) < 4.78 is 6.88. The molecule has 55 heavy (non-hydrogen) atoms. The standard InChI is InChI=1S/C50H29N5/c51-30-33-22-25-36(28-42(33)32-20-23-35(24-21-32)53-47-18-8-4-14-41(47)50-34(31-52)10-9-19-49(50)53)55-46-17-7-3-13-40(46)43-29-37(26-27-48(43)55)54-44-15-5-1-11-38(44)39-12-2-6-16-45(39)54/h1-29H. The molecule has 3 aromatic heterocycles. The van der Waals surface area contributed by atoms with Gasteiger partial charge in [-0.1, -0.05) is 91.0 Å². The number of nitriles is 2. The fourth-order valence-electron chi connectivity index (χ4n) is 8.77. The summed E-state index contributed by atoms with van der Waals surface area (Å²) in [6.45, 7) is 0. The van der Waals surface area contributed by atoms with Crippen molar-refractivity contribution in [3.05, 3.63) is 187 Å². The van der Waals surface area contributed by atoms with Crippen molar-refractivity contribution in [2.45, 2.75) is 0 Å². The molecule has 3 heterocycles. The molecule has 5 nitrogen and oxygen atoms in total. The summed E-state index contributed by atoms with van der Waals surface area (Å²) in [6.07, 6.45) is 0. The summed E-state index contributed by atoms with van der Waals surface area (Å²) >= 11 is 0. The van der Waals surface area contributed by atoms with E-state index in [4.69, 9.17) is 0 Å². The monoisotopic (exact) mass is 699 g/mol. The van der Waals surface area contributed by atoms with Crippen molar-refractivity contribution in [1.82, 2.24) is 13.7 Å². The van der Waals surface area contributed by atoms with Crippen molar-refractivity contribution in [2.24, 2.45) is 0 Å². The lowest BCUT2D eigenvalue weighted by Gasteiger charge is -2.13. The zero-order valence-electron chi connectivity index (χ0n) is 29.5. The summed E-state index contributed by atoms with van der Waals surface area (Å²) in [5.74, 6) is 0. The quantitative estimate of drug-likeness (QED) is 0.184. The number of benzene rings is 8. The van der Waals surface area contributed by atoms with Gasteiger partial charge in [-0.3, -0.25) is 0 Å². The van der Waals surface area contributed by atoms with Gasteiger partial charge in [0, 0.05) is 54.9 Å². The Bertz CT molecular complexity index is 3400. The number of aromatic nitrogens is 3. The van der Waals surface area contributed by atoms with Crippen molar-refractivity contribution in [2.75, 3.05) is 0 Å². The van der Waals surface area contributed by atoms with Gasteiger partial charge in [-0.15, -0.1) is 0 Å². The Morgan fingerprint density at radius 3 is 1.40 bits per heavy atom. The van der Waals surface area contributed by atoms with Gasteiger partial charge in [0.05, 0.1) is 56.4 Å². The second-order valence-corrected chi connectivity index (χ2v) is 14.0. The fraction of sp³-hybridized carbons (Fsp3) is 0. The highest BCUT2D eigenvalue weighted by molar-refractivity contribution is 6.13. The minimum Gasteiger partial charge on any atom is -0.309 e. The first-order valence-corrected chi connectivity index (χ1v) is 18.3. The van der Waals surface area contributed by atoms with Crippen LogP contribution in [0, 0.1) is 22.7 Å². The third-order valence-electron chi connectivity index (χ3n) is 11.1. The lowest BCUT2D eigenvalue weighted by molar-refractivity contribution is 1.16. The fourth-order valence-corrected chi connectivity index (χ4v) is 8.77. The highest BCUT2D eigenvalue weighted by atomic mass is 15.0. The molecule has 8 aromatic carbocycles. The van der Waals surface area contributed by atoms with Crippen LogP contribution in [0.3, 0.4) is 0 Å². The number of hydrogen-bond acceptors (Lipinski definition) is 2. The van der Waals surface area contributed by atoms with Gasteiger partial charge in [-0.05, 0) is 90.5 Å². The molecule has 0 aliphatic carbocycles. The van der Waals surface area contributed by atoms with E-state index in [9.17, 15) is 10.5 Å². The first-order valence-electron chi connectivity index (χ1n) is 18.3. The average molecular weight is 700 g/mol. The molecule has 11 rings (SSSR count). The third-order valence-corrected chi connectivity index (χ3v) is 11.1. The van der Waals surface area contributed by atoms with E-state index in [0.29, 0.717) is 11.1 Å². The predicted molar refractivity (Wildman–Crippen MR) is 224 cm³/mol. The van der Waals surface area contributed by atoms with Gasteiger partial charge in [0.2, 0.25) is 0 Å². The lowest BCUT2D eigenvalue weighted by atomic mass is 9.99. The second-order valence-electron chi connectivity index (χ2n) is 14.0. The van der Waals surface area contributed by atoms with Gasteiger partial charge in [0.25, 0.3) is 0 Å². The van der Waals surface area contributed by atoms with E-state index < -0.39 is 0 Å². The van der Waals surface area contributed by atoms with E-state index >= 15 is 0 Å². The van der Waals surface area contributed by atoms with Gasteiger partial charge in [0.1, 0.15) is 0 Å². The van der Waals surface area contributed by atoms with Gasteiger partial charge < -0.3 is 13.7 Å². The Balaban J connectivity index is 1.06. The van der Waals surface area contributed by atoms with E-state index in [0.717, 1.165) is 66.4 Å². The number of para-hydroxylation sites is 4. The molecular formula is C50H29N5. The van der Waals surface area contributed by atoms with Crippen LogP contribution in [0.4, 0.5) is 0 Å². The molecule has 11 aromatic rings. The Hall–Kier alpha value is -7.86. The van der Waals surface area contributed by atoms with Crippen LogP contribution < -0.4 is 0 Å². The van der Waals surface area contributed by atoms with Crippen LogP contribution in [0.5, 0.6) is 0 Å². The molecule has 0 radical (unpaired) electrons. The first-order chi connectivity index (χ1) is 27.2. The van der Waals surface area contributed by atoms with Crippen molar-refractivity contribution < 1.29 is 0 Å². The minimum atomic E-state index is 0.612. The number of nitrogens with zero attached hydrogens (tertiary/aromatic N) is 5. The smallest absolute Gasteiger partial charge is 0.0998 e. The van der Waals surface area contributed by atoms with Crippen molar-refractivity contribution in [3.8, 4) is 40.3 Å². The molecule has 0 bridgehead atoms. The van der Waals surface area contributed by atoms with Crippen LogP contribution in [0.15, 0.2) is 176 Å². The topological polar surface area (TPSA) is 62.4 Å². The molecule has 0 fully saturated rings. The zero-order valence-corrected chi connectivity index (χ0v) is 29.5. The summed E-state index contributed by atoms with van der Waals surface area (Å²) in [7, 11) is 0. The van der Waals surface area contributed by atoms with Gasteiger partial charge in [-0.25, -0.2) is 0 Å². The van der Waals surface area contributed by atoms with Crippen molar-refractivity contribution in [1.29, 1.82) is 10.5 Å². The Kier molecular flexibility index (Phi) is 6.61. The van der Waals surface area contributed by atoms with Crippen molar-refractivity contribution >= 4 is 65.4 Å². The number of fused-ring (bicyclic) bond motifs is 9. The molecule has 0 amide bonds. The maximum atomic E-state index is 10.3. The maximum absolute atomic E-state index is 10.3. The van der Waals surface area contributed by atoms with Gasteiger partial charge >= 0.3 is 0 Å². The minimum absolute atomic E-state index is 0.612. The van der Waals surface area contributed by atoms with Crippen LogP contribution in [-0.4, -0.2) is 13.7 Å². The van der Waals surface area contributed by atoms with Gasteiger partial charge in [0.15, 0.2) is 0 Å². The molecule has 0 N–H and O–H groups in total. The Morgan fingerprint density at radius 2 is 0.782 bits per heavy atom. The van der Waals surface area contributed by atoms with E-state index in [1.165, 1.54) is 27.2 Å². The van der Waals surface area contributed by atoms with Gasteiger partial charge in [-0.2, -0.15) is 10.5 Å². The van der Waals surface area contributed by atoms with E-state index in [1.807, 2.05) is 36.4 Å². The zero-order chi connectivity index (χ0) is 36.6. The molecule has 0 atom stereocenters. The van der Waals surface area contributed by atoms with E-state index in [-0.39, 0.29) is 0 Å². The van der Waals surface area contributed by atoms with Crippen LogP contribution >= 0.6 is 0 Å². The molecule has 0 saturated carbocycles. The number of rotatable bonds is 4. The average Bonchev–Trinajstić information content (AvgIpc) is 3.89. The largest absolute Gasteiger partial charge is 0.309 e. The normalized spacial score (nSPS) is 11.6.